The van der Waals surface area contributed by atoms with Crippen LogP contribution in [0, 0.1) is 5.51 Å². The maximum absolute atomic E-state index is 12.3. The van der Waals surface area contributed by atoms with E-state index in [1.807, 2.05) is 19.2 Å². The van der Waals surface area contributed by atoms with Gasteiger partial charge in [-0.25, -0.2) is 13.4 Å². The highest BCUT2D eigenvalue weighted by atomic mass is 32.2. The molecule has 101 valence electrons. The summed E-state index contributed by atoms with van der Waals surface area (Å²) in [7, 11) is -3.38. The summed E-state index contributed by atoms with van der Waals surface area (Å²) in [4.78, 5) is 4.40. The van der Waals surface area contributed by atoms with Crippen LogP contribution in [0.4, 0.5) is 0 Å². The number of hydrogen-bond donors (Lipinski definition) is 0. The Labute approximate surface area is 117 Å². The van der Waals surface area contributed by atoms with Crippen LogP contribution >= 0.6 is 11.3 Å². The molecule has 1 aromatic carbocycles. The standard InChI is InChI=1S/C13H15N2O2S2/c1-3-15(4-2)19(16,17)12-7-5-11(6-8-12)13-9-18-10-14-13/h5-9H,3-4H2,1-2H3. The van der Waals surface area contributed by atoms with Crippen LogP contribution in [0.2, 0.25) is 0 Å². The number of benzene rings is 1. The number of thiazole rings is 1. The Bertz CT molecular complexity index is 615. The first-order valence-electron chi connectivity index (χ1n) is 6.01. The summed E-state index contributed by atoms with van der Waals surface area (Å²) in [6, 6.07) is 6.81. The van der Waals surface area contributed by atoms with Gasteiger partial charge in [-0.2, -0.15) is 4.31 Å². The minimum absolute atomic E-state index is 0.319. The van der Waals surface area contributed by atoms with Crippen LogP contribution in [0.3, 0.4) is 0 Å². The van der Waals surface area contributed by atoms with Gasteiger partial charge in [0.2, 0.25) is 10.0 Å². The lowest BCUT2D eigenvalue weighted by molar-refractivity contribution is 0.445. The Morgan fingerprint density at radius 1 is 1.21 bits per heavy atom. The minimum Gasteiger partial charge on any atom is -0.233 e. The molecule has 0 aliphatic carbocycles. The summed E-state index contributed by atoms with van der Waals surface area (Å²) < 4.78 is 26.0. The van der Waals surface area contributed by atoms with Crippen molar-refractivity contribution in [1.29, 1.82) is 0 Å². The second-order valence-corrected chi connectivity index (χ2v) is 6.53. The van der Waals surface area contributed by atoms with Crippen molar-refractivity contribution in [2.75, 3.05) is 13.1 Å². The van der Waals surface area contributed by atoms with Crippen LogP contribution < -0.4 is 0 Å². The van der Waals surface area contributed by atoms with E-state index in [0.717, 1.165) is 11.3 Å². The van der Waals surface area contributed by atoms with Gasteiger partial charge in [-0.3, -0.25) is 0 Å². The van der Waals surface area contributed by atoms with Gasteiger partial charge in [0, 0.05) is 24.0 Å². The first kappa shape index (κ1) is 14.2. The predicted octanol–water partition coefficient (Wildman–Crippen LogP) is 2.64. The second kappa shape index (κ2) is 5.81. The molecule has 0 unspecified atom stereocenters. The molecule has 4 nitrogen and oxygen atoms in total. The topological polar surface area (TPSA) is 50.3 Å². The average Bonchev–Trinajstić information content (AvgIpc) is 2.94. The summed E-state index contributed by atoms with van der Waals surface area (Å²) in [5.41, 5.74) is 4.49. The molecule has 1 radical (unpaired) electrons. The molecule has 0 aliphatic rings. The van der Waals surface area contributed by atoms with Crippen molar-refractivity contribution in [3.8, 4) is 11.3 Å². The van der Waals surface area contributed by atoms with E-state index in [4.69, 9.17) is 0 Å². The van der Waals surface area contributed by atoms with Crippen molar-refractivity contribution in [3.63, 3.8) is 0 Å². The highest BCUT2D eigenvalue weighted by Gasteiger charge is 2.21. The van der Waals surface area contributed by atoms with E-state index in [0.29, 0.717) is 18.0 Å². The molecule has 0 saturated heterocycles. The average molecular weight is 295 g/mol. The van der Waals surface area contributed by atoms with Crippen LogP contribution in [0.15, 0.2) is 34.5 Å². The highest BCUT2D eigenvalue weighted by Crippen LogP contribution is 2.22. The zero-order valence-corrected chi connectivity index (χ0v) is 12.5. The van der Waals surface area contributed by atoms with Crippen LogP contribution in [0.1, 0.15) is 13.8 Å². The number of rotatable bonds is 5. The van der Waals surface area contributed by atoms with E-state index < -0.39 is 10.0 Å². The van der Waals surface area contributed by atoms with Gasteiger partial charge in [0.05, 0.1) is 10.6 Å². The van der Waals surface area contributed by atoms with Gasteiger partial charge in [0.15, 0.2) is 5.51 Å². The summed E-state index contributed by atoms with van der Waals surface area (Å²) in [5, 5.41) is 1.88. The lowest BCUT2D eigenvalue weighted by Gasteiger charge is -2.18. The molecule has 0 amide bonds. The summed E-state index contributed by atoms with van der Waals surface area (Å²) in [5.74, 6) is 0. The summed E-state index contributed by atoms with van der Waals surface area (Å²) in [6.45, 7) is 4.62. The zero-order valence-electron chi connectivity index (χ0n) is 10.8. The van der Waals surface area contributed by atoms with E-state index in [-0.39, 0.29) is 0 Å². The maximum Gasteiger partial charge on any atom is 0.243 e. The molecule has 1 aromatic heterocycles. The quantitative estimate of drug-likeness (QED) is 0.852. The van der Waals surface area contributed by atoms with Crippen LogP contribution in [-0.2, 0) is 10.0 Å². The predicted molar refractivity (Wildman–Crippen MR) is 76.5 cm³/mol. The van der Waals surface area contributed by atoms with Gasteiger partial charge in [-0.1, -0.05) is 26.0 Å². The Hall–Kier alpha value is -1.24. The first-order valence-corrected chi connectivity index (χ1v) is 8.33. The van der Waals surface area contributed by atoms with Crippen LogP contribution in [0.5, 0.6) is 0 Å². The molecule has 0 bridgehead atoms. The smallest absolute Gasteiger partial charge is 0.233 e. The molecule has 1 heterocycles. The van der Waals surface area contributed by atoms with Crippen LogP contribution in [-0.4, -0.2) is 30.8 Å². The zero-order chi connectivity index (χ0) is 13.9. The third kappa shape index (κ3) is 2.86. The summed E-state index contributed by atoms with van der Waals surface area (Å²) >= 11 is 1.39. The molecule has 0 aliphatic heterocycles. The van der Waals surface area contributed by atoms with E-state index in [1.165, 1.54) is 15.6 Å². The van der Waals surface area contributed by atoms with Gasteiger partial charge >= 0.3 is 0 Å². The largest absolute Gasteiger partial charge is 0.243 e. The lowest BCUT2D eigenvalue weighted by Crippen LogP contribution is -2.30. The van der Waals surface area contributed by atoms with Crippen molar-refractivity contribution in [2.24, 2.45) is 0 Å². The molecule has 19 heavy (non-hydrogen) atoms. The maximum atomic E-state index is 12.3. The fraction of sp³-hybridized carbons (Fsp3) is 0.308. The van der Waals surface area contributed by atoms with E-state index in [1.54, 1.807) is 24.3 Å². The fourth-order valence-electron chi connectivity index (χ4n) is 1.83. The van der Waals surface area contributed by atoms with E-state index >= 15 is 0 Å². The van der Waals surface area contributed by atoms with Gasteiger partial charge in [-0.05, 0) is 12.1 Å². The van der Waals surface area contributed by atoms with Crippen molar-refractivity contribution in [1.82, 2.24) is 9.29 Å². The SMILES string of the molecule is CCN(CC)S(=O)(=O)c1ccc(-c2cs[c]n2)cc1. The molecular formula is C13H15N2O2S2. The van der Waals surface area contributed by atoms with Crippen LogP contribution in [0.25, 0.3) is 11.3 Å². The molecule has 0 N–H and O–H groups in total. The Kier molecular flexibility index (Phi) is 4.34. The van der Waals surface area contributed by atoms with Crippen molar-refractivity contribution in [2.45, 2.75) is 18.7 Å². The van der Waals surface area contributed by atoms with Gasteiger partial charge < -0.3 is 0 Å². The van der Waals surface area contributed by atoms with Crippen molar-refractivity contribution in [3.05, 3.63) is 35.2 Å². The molecular weight excluding hydrogens is 280 g/mol. The van der Waals surface area contributed by atoms with Crippen molar-refractivity contribution >= 4 is 21.4 Å². The van der Waals surface area contributed by atoms with Crippen molar-refractivity contribution < 1.29 is 8.42 Å². The van der Waals surface area contributed by atoms with E-state index in [2.05, 4.69) is 10.5 Å². The third-order valence-electron chi connectivity index (χ3n) is 2.88. The number of nitrogens with zero attached hydrogens (tertiary/aromatic N) is 2. The molecule has 0 fully saturated rings. The Morgan fingerprint density at radius 2 is 1.84 bits per heavy atom. The fourth-order valence-corrected chi connectivity index (χ4v) is 3.79. The second-order valence-electron chi connectivity index (χ2n) is 3.94. The van der Waals surface area contributed by atoms with E-state index in [9.17, 15) is 8.42 Å². The minimum atomic E-state index is -3.38. The molecule has 2 rings (SSSR count). The molecule has 0 saturated carbocycles. The number of aromatic nitrogens is 1. The first-order chi connectivity index (χ1) is 9.09. The van der Waals surface area contributed by atoms with Gasteiger partial charge in [0.25, 0.3) is 0 Å². The Morgan fingerprint density at radius 3 is 2.32 bits per heavy atom. The van der Waals surface area contributed by atoms with Gasteiger partial charge in [0.1, 0.15) is 0 Å². The molecule has 6 heteroatoms. The molecule has 0 spiro atoms. The Balaban J connectivity index is 2.33. The molecule has 0 atom stereocenters. The number of hydrogen-bond acceptors (Lipinski definition) is 4. The normalized spacial score (nSPS) is 11.9. The van der Waals surface area contributed by atoms with Gasteiger partial charge in [-0.15, -0.1) is 11.3 Å². The highest BCUT2D eigenvalue weighted by molar-refractivity contribution is 7.89. The number of sulfonamides is 1. The lowest BCUT2D eigenvalue weighted by atomic mass is 10.2. The molecule has 2 aromatic rings. The summed E-state index contributed by atoms with van der Waals surface area (Å²) in [6.07, 6.45) is 0. The third-order valence-corrected chi connectivity index (χ3v) is 5.48. The monoisotopic (exact) mass is 295 g/mol.